The maximum absolute atomic E-state index is 2.35. The third-order valence-electron chi connectivity index (χ3n) is 9.19. The second-order valence-corrected chi connectivity index (χ2v) is 12.8. The molecular formula is C49H48. The Kier molecular flexibility index (Phi) is 11.8. The Bertz CT molecular complexity index is 2260. The van der Waals surface area contributed by atoms with Gasteiger partial charge in [-0.3, -0.25) is 0 Å². The van der Waals surface area contributed by atoms with Gasteiger partial charge in [-0.15, -0.1) is 0 Å². The van der Waals surface area contributed by atoms with E-state index in [1.54, 1.807) is 0 Å². The summed E-state index contributed by atoms with van der Waals surface area (Å²) in [4.78, 5) is 0. The van der Waals surface area contributed by atoms with Crippen molar-refractivity contribution in [3.05, 3.63) is 207 Å². The Morgan fingerprint density at radius 1 is 0.510 bits per heavy atom. The molecule has 0 spiro atoms. The van der Waals surface area contributed by atoms with Gasteiger partial charge in [0.05, 0.1) is 0 Å². The Balaban J connectivity index is 1.59. The molecule has 49 heavy (non-hydrogen) atoms. The number of benzene rings is 5. The zero-order chi connectivity index (χ0) is 34.8. The summed E-state index contributed by atoms with van der Waals surface area (Å²) in [7, 11) is 0. The van der Waals surface area contributed by atoms with Gasteiger partial charge in [-0.05, 0) is 138 Å². The predicted molar refractivity (Wildman–Crippen MR) is 218 cm³/mol. The minimum Gasteiger partial charge on any atom is -0.0876 e. The maximum Gasteiger partial charge on any atom is -0.00299 e. The predicted octanol–water partition coefficient (Wildman–Crippen LogP) is 12.2. The minimum absolute atomic E-state index is 1.20. The van der Waals surface area contributed by atoms with Crippen molar-refractivity contribution in [1.82, 2.24) is 0 Å². The highest BCUT2D eigenvalue weighted by molar-refractivity contribution is 6.06. The first-order chi connectivity index (χ1) is 23.8. The lowest BCUT2D eigenvalue weighted by Gasteiger charge is -2.16. The second-order valence-electron chi connectivity index (χ2n) is 12.8. The molecule has 0 N–H and O–H groups in total. The summed E-state index contributed by atoms with van der Waals surface area (Å²) >= 11 is 0. The molecule has 0 saturated heterocycles. The summed E-state index contributed by atoms with van der Waals surface area (Å²) in [6.45, 7) is 15.1. The van der Waals surface area contributed by atoms with Crippen LogP contribution in [0.4, 0.5) is 0 Å². The number of fused-ring (bicyclic) bond motifs is 1. The van der Waals surface area contributed by atoms with Gasteiger partial charge in [0.2, 0.25) is 0 Å². The molecular weight excluding hydrogens is 589 g/mol. The lowest BCUT2D eigenvalue weighted by Crippen LogP contribution is -2.27. The molecule has 244 valence electrons. The molecule has 0 nitrogen and oxygen atoms in total. The smallest absolute Gasteiger partial charge is 0.00299 e. The van der Waals surface area contributed by atoms with Crippen LogP contribution in [0.1, 0.15) is 69.4 Å². The van der Waals surface area contributed by atoms with Crippen molar-refractivity contribution in [1.29, 1.82) is 0 Å². The van der Waals surface area contributed by atoms with E-state index in [-0.39, 0.29) is 0 Å². The molecule has 0 heterocycles. The number of rotatable bonds is 9. The lowest BCUT2D eigenvalue weighted by atomic mass is 9.87. The van der Waals surface area contributed by atoms with E-state index in [2.05, 4.69) is 212 Å². The third-order valence-corrected chi connectivity index (χ3v) is 9.19. The van der Waals surface area contributed by atoms with E-state index in [1.807, 2.05) is 0 Å². The largest absolute Gasteiger partial charge is 0.0876 e. The van der Waals surface area contributed by atoms with E-state index in [9.17, 15) is 0 Å². The summed E-state index contributed by atoms with van der Waals surface area (Å²) < 4.78 is 0. The van der Waals surface area contributed by atoms with Gasteiger partial charge in [-0.2, -0.15) is 0 Å². The standard InChI is InChI=1S/C49H48/c1-8-10-17-41-20-14-15-23-48(41)49(47(9-2)45-31-30-43-32-35(3)24-29-44(43)34-45)46-22-16-21-42(33-46)39(7)28-26-37(5)36(4)25-27-38(6)40-18-12-11-13-19-40/h8-34H,1-7H3/b10-8+,36-25+,37-26+,38-27+,39-28+,41-17-,47-9+,49-48-. The van der Waals surface area contributed by atoms with Crippen LogP contribution in [0.15, 0.2) is 169 Å². The van der Waals surface area contributed by atoms with Crippen molar-refractivity contribution in [3.8, 4) is 0 Å². The third kappa shape index (κ3) is 8.72. The minimum atomic E-state index is 1.20. The molecule has 0 atom stereocenters. The van der Waals surface area contributed by atoms with Gasteiger partial charge in [-0.25, -0.2) is 0 Å². The Morgan fingerprint density at radius 3 is 1.84 bits per heavy atom. The van der Waals surface area contributed by atoms with E-state index in [1.165, 1.54) is 82.5 Å². The van der Waals surface area contributed by atoms with Crippen LogP contribution in [0.3, 0.4) is 0 Å². The van der Waals surface area contributed by atoms with Crippen molar-refractivity contribution < 1.29 is 0 Å². The van der Waals surface area contributed by atoms with Crippen molar-refractivity contribution in [2.75, 3.05) is 0 Å². The monoisotopic (exact) mass is 636 g/mol. The van der Waals surface area contributed by atoms with Crippen LogP contribution in [0.5, 0.6) is 0 Å². The van der Waals surface area contributed by atoms with E-state index in [0.717, 1.165) is 0 Å². The summed E-state index contributed by atoms with van der Waals surface area (Å²) in [5, 5.41) is 4.93. The fraction of sp³-hybridized carbons (Fsp3) is 0.143. The van der Waals surface area contributed by atoms with E-state index in [0.29, 0.717) is 0 Å². The fourth-order valence-corrected chi connectivity index (χ4v) is 6.09. The molecule has 0 unspecified atom stereocenters. The first-order valence-electron chi connectivity index (χ1n) is 17.3. The zero-order valence-electron chi connectivity index (χ0n) is 30.1. The summed E-state index contributed by atoms with van der Waals surface area (Å²) in [6, 6.07) is 41.8. The van der Waals surface area contributed by atoms with Crippen molar-refractivity contribution in [2.45, 2.75) is 48.5 Å². The van der Waals surface area contributed by atoms with Crippen LogP contribution < -0.4 is 10.4 Å². The van der Waals surface area contributed by atoms with E-state index >= 15 is 0 Å². The van der Waals surface area contributed by atoms with Crippen LogP contribution in [-0.2, 0) is 0 Å². The summed E-state index contributed by atoms with van der Waals surface area (Å²) in [5.74, 6) is 0. The molecule has 0 radical (unpaired) electrons. The zero-order valence-corrected chi connectivity index (χ0v) is 30.1. The highest BCUT2D eigenvalue weighted by atomic mass is 14.2. The second kappa shape index (κ2) is 16.6. The SMILES string of the molecule is C/C=C/C=c1/cccc/c1=C(/C(=C/C)c1ccc2cc(C)ccc2c1)c1cccc(/C(C)=C/C=C(C)/C(C)=C/C=C(\C)c2ccccc2)c1. The van der Waals surface area contributed by atoms with Crippen molar-refractivity contribution in [2.24, 2.45) is 0 Å². The lowest BCUT2D eigenvalue weighted by molar-refractivity contribution is 1.34. The van der Waals surface area contributed by atoms with E-state index < -0.39 is 0 Å². The number of allylic oxidation sites excluding steroid dienone is 12. The van der Waals surface area contributed by atoms with Crippen LogP contribution in [0.25, 0.3) is 39.1 Å². The maximum atomic E-state index is 2.35. The highest BCUT2D eigenvalue weighted by Gasteiger charge is 2.14. The van der Waals surface area contributed by atoms with Crippen LogP contribution in [0, 0.1) is 6.92 Å². The van der Waals surface area contributed by atoms with Gasteiger partial charge in [0, 0.05) is 0 Å². The fourth-order valence-electron chi connectivity index (χ4n) is 6.09. The molecule has 0 fully saturated rings. The number of aryl methyl sites for hydroxylation is 1. The highest BCUT2D eigenvalue weighted by Crippen LogP contribution is 2.32. The van der Waals surface area contributed by atoms with Gasteiger partial charge in [0.1, 0.15) is 0 Å². The van der Waals surface area contributed by atoms with Gasteiger partial charge in [0.25, 0.3) is 0 Å². The molecule has 0 bridgehead atoms. The molecule has 0 heteroatoms. The Hall–Kier alpha value is -5.46. The average molecular weight is 637 g/mol. The summed E-state index contributed by atoms with van der Waals surface area (Å²) in [5.41, 5.74) is 13.6. The topological polar surface area (TPSA) is 0 Å². The van der Waals surface area contributed by atoms with Crippen molar-refractivity contribution in [3.63, 3.8) is 0 Å². The molecule has 5 rings (SSSR count). The first-order valence-corrected chi connectivity index (χ1v) is 17.3. The van der Waals surface area contributed by atoms with Gasteiger partial charge < -0.3 is 0 Å². The molecule has 0 aromatic heterocycles. The molecule has 0 aliphatic heterocycles. The Morgan fingerprint density at radius 2 is 1.12 bits per heavy atom. The van der Waals surface area contributed by atoms with Gasteiger partial charge in [0.15, 0.2) is 0 Å². The molecule has 0 saturated carbocycles. The van der Waals surface area contributed by atoms with Crippen LogP contribution >= 0.6 is 0 Å². The molecule has 5 aromatic carbocycles. The normalized spacial score (nSPS) is 14.6. The van der Waals surface area contributed by atoms with Crippen molar-refractivity contribution >= 4 is 39.1 Å². The molecule has 5 aromatic rings. The number of hydrogen-bond donors (Lipinski definition) is 0. The molecule has 0 aliphatic rings. The van der Waals surface area contributed by atoms with Gasteiger partial charge >= 0.3 is 0 Å². The molecule has 0 amide bonds. The Labute approximate surface area is 293 Å². The molecule has 0 aliphatic carbocycles. The number of hydrogen-bond acceptors (Lipinski definition) is 0. The first kappa shape index (κ1) is 34.9. The van der Waals surface area contributed by atoms with E-state index in [4.69, 9.17) is 0 Å². The average Bonchev–Trinajstić information content (AvgIpc) is 3.14. The summed E-state index contributed by atoms with van der Waals surface area (Å²) in [6.07, 6.45) is 17.6. The quantitative estimate of drug-likeness (QED) is 0.141. The van der Waals surface area contributed by atoms with Crippen LogP contribution in [-0.4, -0.2) is 0 Å². The van der Waals surface area contributed by atoms with Crippen LogP contribution in [0.2, 0.25) is 0 Å². The van der Waals surface area contributed by atoms with Gasteiger partial charge in [-0.1, -0.05) is 157 Å².